The summed E-state index contributed by atoms with van der Waals surface area (Å²) in [5.41, 5.74) is 2.75. The van der Waals surface area contributed by atoms with Gasteiger partial charge in [0.05, 0.1) is 17.9 Å². The van der Waals surface area contributed by atoms with Gasteiger partial charge in [0.2, 0.25) is 5.91 Å². The summed E-state index contributed by atoms with van der Waals surface area (Å²) in [7, 11) is 2.01. The van der Waals surface area contributed by atoms with E-state index in [1.807, 2.05) is 30.8 Å². The van der Waals surface area contributed by atoms with Crippen LogP contribution in [0.2, 0.25) is 0 Å². The highest BCUT2D eigenvalue weighted by Gasteiger charge is 2.26. The number of thioether (sulfide) groups is 1. The van der Waals surface area contributed by atoms with Crippen LogP contribution < -0.4 is 5.32 Å². The van der Waals surface area contributed by atoms with Gasteiger partial charge in [-0.15, -0.1) is 21.5 Å². The van der Waals surface area contributed by atoms with Crippen molar-refractivity contribution >= 4 is 40.0 Å². The lowest BCUT2D eigenvalue weighted by Crippen LogP contribution is -2.17. The number of nitrogens with zero attached hydrogens (tertiary/aromatic N) is 4. The highest BCUT2D eigenvalue weighted by molar-refractivity contribution is 7.99. The summed E-state index contributed by atoms with van der Waals surface area (Å²) in [5, 5.41) is 13.0. The molecule has 0 atom stereocenters. The lowest BCUT2D eigenvalue weighted by atomic mass is 10.1. The van der Waals surface area contributed by atoms with Crippen LogP contribution in [0.4, 0.5) is 5.00 Å². The Morgan fingerprint density at radius 1 is 1.21 bits per heavy atom. The van der Waals surface area contributed by atoms with Crippen molar-refractivity contribution in [3.8, 4) is 0 Å². The zero-order chi connectivity index (χ0) is 24.1. The number of amides is 1. The number of carbonyl (C=O) groups excluding carboxylic acids is 2. The van der Waals surface area contributed by atoms with Gasteiger partial charge in [0.1, 0.15) is 10.8 Å². The maximum Gasteiger partial charge on any atom is 0.341 e. The second-order valence-corrected chi connectivity index (χ2v) is 10.3. The number of anilines is 1. The summed E-state index contributed by atoms with van der Waals surface area (Å²) >= 11 is 2.88. The van der Waals surface area contributed by atoms with Crippen molar-refractivity contribution in [2.75, 3.05) is 17.7 Å². The molecule has 3 heterocycles. The highest BCUT2D eigenvalue weighted by Crippen LogP contribution is 2.38. The Morgan fingerprint density at radius 3 is 2.76 bits per heavy atom. The molecule has 8 nitrogen and oxygen atoms in total. The SMILES string of the molecule is CCOC(=O)c1c(NC(=O)CSc2nnc(Cc3cccn3C)n2CC)sc2c1CCCCC2. The van der Waals surface area contributed by atoms with Gasteiger partial charge in [-0.1, -0.05) is 18.2 Å². The van der Waals surface area contributed by atoms with Crippen LogP contribution in [-0.2, 0) is 42.4 Å². The van der Waals surface area contributed by atoms with Crippen molar-refractivity contribution in [1.29, 1.82) is 0 Å². The summed E-state index contributed by atoms with van der Waals surface area (Å²) in [6.07, 6.45) is 7.81. The molecule has 34 heavy (non-hydrogen) atoms. The molecule has 1 amide bonds. The molecular weight excluding hydrogens is 470 g/mol. The second kappa shape index (κ2) is 11.2. The molecule has 0 radical (unpaired) electrons. The molecule has 4 rings (SSSR count). The van der Waals surface area contributed by atoms with Crippen LogP contribution in [0.15, 0.2) is 23.5 Å². The van der Waals surface area contributed by atoms with Crippen molar-refractivity contribution in [2.45, 2.75) is 64.1 Å². The summed E-state index contributed by atoms with van der Waals surface area (Å²) in [5.74, 6) is 0.550. The summed E-state index contributed by atoms with van der Waals surface area (Å²) in [6, 6.07) is 4.08. The van der Waals surface area contributed by atoms with Crippen LogP contribution in [-0.4, -0.2) is 43.6 Å². The number of ether oxygens (including phenoxy) is 1. The van der Waals surface area contributed by atoms with E-state index >= 15 is 0 Å². The molecule has 0 saturated heterocycles. The van der Waals surface area contributed by atoms with Gasteiger partial charge in [-0.05, 0) is 57.2 Å². The molecule has 0 bridgehead atoms. The number of thiophene rings is 1. The van der Waals surface area contributed by atoms with E-state index in [4.69, 9.17) is 4.74 Å². The second-order valence-electron chi connectivity index (χ2n) is 8.26. The maximum absolute atomic E-state index is 12.9. The Kier molecular flexibility index (Phi) is 8.10. The van der Waals surface area contributed by atoms with Gasteiger partial charge in [0.25, 0.3) is 0 Å². The number of aromatic nitrogens is 4. The minimum Gasteiger partial charge on any atom is -0.462 e. The van der Waals surface area contributed by atoms with Crippen molar-refractivity contribution in [3.63, 3.8) is 0 Å². The number of esters is 1. The summed E-state index contributed by atoms with van der Waals surface area (Å²) < 4.78 is 9.43. The maximum atomic E-state index is 12.9. The minimum atomic E-state index is -0.346. The number of aryl methyl sites for hydroxylation is 2. The first kappa shape index (κ1) is 24.5. The zero-order valence-electron chi connectivity index (χ0n) is 19.9. The Bertz CT molecular complexity index is 1160. The van der Waals surface area contributed by atoms with Crippen LogP contribution in [0.1, 0.15) is 65.4 Å². The monoisotopic (exact) mass is 501 g/mol. The number of fused-ring (bicyclic) bond motifs is 1. The van der Waals surface area contributed by atoms with Crippen LogP contribution in [0.3, 0.4) is 0 Å². The molecular formula is C24H31N5O3S2. The smallest absolute Gasteiger partial charge is 0.341 e. The molecule has 0 saturated carbocycles. The van der Waals surface area contributed by atoms with Gasteiger partial charge in [-0.3, -0.25) is 4.79 Å². The molecule has 0 fully saturated rings. The first-order valence-corrected chi connectivity index (χ1v) is 13.6. The summed E-state index contributed by atoms with van der Waals surface area (Å²) in [6.45, 7) is 4.88. The minimum absolute atomic E-state index is 0.165. The largest absolute Gasteiger partial charge is 0.462 e. The van der Waals surface area contributed by atoms with Gasteiger partial charge in [-0.2, -0.15) is 0 Å². The highest BCUT2D eigenvalue weighted by atomic mass is 32.2. The van der Waals surface area contributed by atoms with Crippen molar-refractivity contribution in [3.05, 3.63) is 45.9 Å². The standard InChI is InChI=1S/C24H31N5O3S2/c1-4-29-19(14-16-10-9-13-28(16)3)26-27-24(29)33-15-20(30)25-22-21(23(31)32-5-2)17-11-7-6-8-12-18(17)34-22/h9-10,13H,4-8,11-12,14-15H2,1-3H3,(H,25,30). The van der Waals surface area contributed by atoms with E-state index in [0.717, 1.165) is 60.9 Å². The van der Waals surface area contributed by atoms with Crippen molar-refractivity contribution in [2.24, 2.45) is 7.05 Å². The van der Waals surface area contributed by atoms with Crippen LogP contribution in [0, 0.1) is 0 Å². The Labute approximate surface area is 208 Å². The van der Waals surface area contributed by atoms with Crippen molar-refractivity contribution < 1.29 is 14.3 Å². The molecule has 182 valence electrons. The fourth-order valence-corrected chi connectivity index (χ4v) is 6.37. The lowest BCUT2D eigenvalue weighted by molar-refractivity contribution is -0.113. The average molecular weight is 502 g/mol. The van der Waals surface area contributed by atoms with Crippen molar-refractivity contribution in [1.82, 2.24) is 19.3 Å². The molecule has 10 heteroatoms. The quantitative estimate of drug-likeness (QED) is 0.264. The Balaban J connectivity index is 1.45. The van der Waals surface area contributed by atoms with E-state index in [0.29, 0.717) is 23.6 Å². The number of rotatable bonds is 9. The molecule has 1 N–H and O–H groups in total. The van der Waals surface area contributed by atoms with Gasteiger partial charge >= 0.3 is 5.97 Å². The van der Waals surface area contributed by atoms with Crippen LogP contribution in [0.25, 0.3) is 0 Å². The molecule has 3 aromatic heterocycles. The zero-order valence-corrected chi connectivity index (χ0v) is 21.6. The predicted octanol–water partition coefficient (Wildman–Crippen LogP) is 4.47. The molecule has 3 aromatic rings. The van der Waals surface area contributed by atoms with Crippen LogP contribution >= 0.6 is 23.1 Å². The fraction of sp³-hybridized carbons (Fsp3) is 0.500. The topological polar surface area (TPSA) is 91.0 Å². The number of hydrogen-bond donors (Lipinski definition) is 1. The average Bonchev–Trinajstić information content (AvgIpc) is 3.45. The van der Waals surface area contributed by atoms with E-state index in [-0.39, 0.29) is 17.6 Å². The number of nitrogens with one attached hydrogen (secondary N) is 1. The van der Waals surface area contributed by atoms with Gasteiger partial charge in [0.15, 0.2) is 5.16 Å². The third kappa shape index (κ3) is 5.38. The lowest BCUT2D eigenvalue weighted by Gasteiger charge is -2.09. The van der Waals surface area contributed by atoms with Crippen LogP contribution in [0.5, 0.6) is 0 Å². The fourth-order valence-electron chi connectivity index (χ4n) is 4.26. The molecule has 1 aliphatic carbocycles. The van der Waals surface area contributed by atoms with E-state index in [1.165, 1.54) is 28.0 Å². The molecule has 0 unspecified atom stereocenters. The third-order valence-corrected chi connectivity index (χ3v) is 8.16. The first-order chi connectivity index (χ1) is 16.5. The molecule has 0 aliphatic heterocycles. The van der Waals surface area contributed by atoms with E-state index < -0.39 is 0 Å². The number of hydrogen-bond acceptors (Lipinski definition) is 7. The summed E-state index contributed by atoms with van der Waals surface area (Å²) in [4.78, 5) is 26.8. The van der Waals surface area contributed by atoms with Gasteiger partial charge in [0, 0.05) is 36.8 Å². The van der Waals surface area contributed by atoms with E-state index in [9.17, 15) is 9.59 Å². The van der Waals surface area contributed by atoms with E-state index in [1.54, 1.807) is 6.92 Å². The Morgan fingerprint density at radius 2 is 2.03 bits per heavy atom. The Hall–Kier alpha value is -2.59. The number of carbonyl (C=O) groups is 2. The third-order valence-electron chi connectivity index (χ3n) is 5.99. The molecule has 0 spiro atoms. The van der Waals surface area contributed by atoms with Gasteiger partial charge in [-0.25, -0.2) is 4.79 Å². The molecule has 1 aliphatic rings. The predicted molar refractivity (Wildman–Crippen MR) is 135 cm³/mol. The first-order valence-electron chi connectivity index (χ1n) is 11.8. The molecule has 0 aromatic carbocycles. The van der Waals surface area contributed by atoms with Gasteiger partial charge < -0.3 is 19.2 Å². The normalized spacial score (nSPS) is 13.4. The van der Waals surface area contributed by atoms with E-state index in [2.05, 4.69) is 26.1 Å².